The summed E-state index contributed by atoms with van der Waals surface area (Å²) >= 11 is 3.68. The fourth-order valence-electron chi connectivity index (χ4n) is 11.3. The van der Waals surface area contributed by atoms with Gasteiger partial charge in [-0.1, -0.05) is 146 Å². The molecule has 0 radical (unpaired) electrons. The molecule has 4 heterocycles. The summed E-state index contributed by atoms with van der Waals surface area (Å²) in [7, 11) is 0. The third-order valence-corrected chi connectivity index (χ3v) is 16.2. The summed E-state index contributed by atoms with van der Waals surface area (Å²) < 4.78 is 11.9. The highest BCUT2D eigenvalue weighted by Gasteiger charge is 2.53. The van der Waals surface area contributed by atoms with Gasteiger partial charge >= 0.3 is 0 Å². The van der Waals surface area contributed by atoms with E-state index in [-0.39, 0.29) is 0 Å². The van der Waals surface area contributed by atoms with Crippen LogP contribution in [0.5, 0.6) is 0 Å². The van der Waals surface area contributed by atoms with Gasteiger partial charge in [-0.3, -0.25) is 0 Å². The molecule has 4 aromatic heterocycles. The van der Waals surface area contributed by atoms with Crippen LogP contribution in [0.2, 0.25) is 0 Å². The molecular weight excluding hydrogens is 817 g/mol. The first-order chi connectivity index (χ1) is 31.7. The molecule has 3 nitrogen and oxygen atoms in total. The van der Waals surface area contributed by atoms with E-state index in [2.05, 4.69) is 194 Å². The van der Waals surface area contributed by atoms with Crippen LogP contribution in [0.1, 0.15) is 22.3 Å². The Balaban J connectivity index is 1.01. The molecule has 0 bridgehead atoms. The molecule has 9 aromatic carbocycles. The lowest BCUT2D eigenvalue weighted by Crippen LogP contribution is -2.25. The van der Waals surface area contributed by atoms with Crippen LogP contribution in [0.15, 0.2) is 199 Å². The summed E-state index contributed by atoms with van der Waals surface area (Å²) in [6.07, 6.45) is 0. The van der Waals surface area contributed by atoms with Crippen molar-refractivity contribution in [1.82, 2.24) is 9.97 Å². The summed E-state index contributed by atoms with van der Waals surface area (Å²) in [5.74, 6) is 0.709. The molecule has 64 heavy (non-hydrogen) atoms. The third kappa shape index (κ3) is 4.54. The standard InChI is InChI=1S/C59H32N2OS2/c1-6-18-44-39(15-1)55-41(17-11-20-46(55)59(44)45-19-7-2-16-40(45)56-47(59)27-26-38-35-12-3-8-21-50(35)62-57(38)56)58-60-48(33-24-28-53-42(30-33)36-13-4-9-22-51(36)63-53)32-49(61-58)34-25-29-54-43(31-34)37-14-5-10-23-52(37)64-54/h1-32H. The first-order valence-corrected chi connectivity index (χ1v) is 23.3. The maximum absolute atomic E-state index is 6.81. The Morgan fingerprint density at radius 2 is 0.875 bits per heavy atom. The fourth-order valence-corrected chi connectivity index (χ4v) is 13.4. The minimum Gasteiger partial charge on any atom is -0.455 e. The number of rotatable bonds is 3. The highest BCUT2D eigenvalue weighted by Crippen LogP contribution is 2.65. The van der Waals surface area contributed by atoms with E-state index in [1.54, 1.807) is 0 Å². The minimum atomic E-state index is -0.572. The van der Waals surface area contributed by atoms with Crippen molar-refractivity contribution in [2.24, 2.45) is 0 Å². The van der Waals surface area contributed by atoms with Gasteiger partial charge in [-0.25, -0.2) is 9.97 Å². The van der Waals surface area contributed by atoms with Gasteiger partial charge in [-0.2, -0.15) is 0 Å². The Hall–Kier alpha value is -7.70. The molecular formula is C59H32N2OS2. The van der Waals surface area contributed by atoms with Crippen LogP contribution < -0.4 is 0 Å². The molecule has 1 unspecified atom stereocenters. The van der Waals surface area contributed by atoms with Crippen LogP contribution in [0.3, 0.4) is 0 Å². The largest absolute Gasteiger partial charge is 0.455 e. The molecule has 0 fully saturated rings. The molecule has 0 N–H and O–H groups in total. The number of fused-ring (bicyclic) bond motifs is 20. The van der Waals surface area contributed by atoms with Crippen molar-refractivity contribution in [3.63, 3.8) is 0 Å². The van der Waals surface area contributed by atoms with Crippen molar-refractivity contribution in [1.29, 1.82) is 0 Å². The summed E-state index contributed by atoms with van der Waals surface area (Å²) in [4.78, 5) is 11.1. The van der Waals surface area contributed by atoms with Gasteiger partial charge in [0.2, 0.25) is 0 Å². The van der Waals surface area contributed by atoms with E-state index in [0.29, 0.717) is 5.82 Å². The predicted molar refractivity (Wildman–Crippen MR) is 268 cm³/mol. The zero-order chi connectivity index (χ0) is 41.7. The van der Waals surface area contributed by atoms with Gasteiger partial charge in [-0.05, 0) is 87.5 Å². The Morgan fingerprint density at radius 1 is 0.359 bits per heavy atom. The lowest BCUT2D eigenvalue weighted by molar-refractivity contribution is 0.669. The van der Waals surface area contributed by atoms with E-state index >= 15 is 0 Å². The molecule has 1 spiro atoms. The van der Waals surface area contributed by atoms with E-state index in [9.17, 15) is 0 Å². The number of para-hydroxylation sites is 1. The second kappa shape index (κ2) is 12.7. The molecule has 5 heteroatoms. The van der Waals surface area contributed by atoms with Crippen LogP contribution >= 0.6 is 22.7 Å². The van der Waals surface area contributed by atoms with Crippen molar-refractivity contribution < 1.29 is 4.42 Å². The average molecular weight is 849 g/mol. The highest BCUT2D eigenvalue weighted by molar-refractivity contribution is 7.26. The Morgan fingerprint density at radius 3 is 1.55 bits per heavy atom. The fraction of sp³-hybridized carbons (Fsp3) is 0.0169. The molecule has 2 aliphatic carbocycles. The molecule has 0 saturated carbocycles. The average Bonchev–Trinajstić information content (AvgIpc) is 4.16. The van der Waals surface area contributed by atoms with Crippen LogP contribution in [-0.4, -0.2) is 9.97 Å². The molecule has 0 saturated heterocycles. The van der Waals surface area contributed by atoms with Crippen LogP contribution in [-0.2, 0) is 5.41 Å². The monoisotopic (exact) mass is 848 g/mol. The molecule has 0 amide bonds. The Labute approximate surface area is 375 Å². The number of thiophene rings is 2. The van der Waals surface area contributed by atoms with E-state index in [1.165, 1.54) is 84.9 Å². The van der Waals surface area contributed by atoms with E-state index in [4.69, 9.17) is 14.4 Å². The molecule has 0 aliphatic heterocycles. The van der Waals surface area contributed by atoms with Gasteiger partial charge in [-0.15, -0.1) is 22.7 Å². The highest BCUT2D eigenvalue weighted by atomic mass is 32.1. The maximum atomic E-state index is 6.81. The van der Waals surface area contributed by atoms with Gasteiger partial charge in [0.15, 0.2) is 5.82 Å². The molecule has 296 valence electrons. The normalized spacial score (nSPS) is 14.9. The molecule has 1 atom stereocenters. The van der Waals surface area contributed by atoms with Gasteiger partial charge < -0.3 is 4.42 Å². The van der Waals surface area contributed by atoms with E-state index in [0.717, 1.165) is 50.0 Å². The van der Waals surface area contributed by atoms with Crippen molar-refractivity contribution in [3.8, 4) is 56.2 Å². The number of hydrogen-bond acceptors (Lipinski definition) is 5. The summed E-state index contributed by atoms with van der Waals surface area (Å²) in [6.45, 7) is 0. The quantitative estimate of drug-likeness (QED) is 0.178. The second-order valence-corrected chi connectivity index (χ2v) is 19.3. The third-order valence-electron chi connectivity index (χ3n) is 13.9. The van der Waals surface area contributed by atoms with Crippen molar-refractivity contribution in [3.05, 3.63) is 216 Å². The SMILES string of the molecule is c1ccc2c(c1)-c1c(-c3nc(-c4ccc5sc6ccccc6c5c4)cc(-c4ccc5sc6ccccc6c5c4)n3)cccc1C21c2ccccc2-c2c1ccc1c2oc2ccccc21. The number of hydrogen-bond donors (Lipinski definition) is 0. The minimum absolute atomic E-state index is 0.572. The summed E-state index contributed by atoms with van der Waals surface area (Å²) in [5, 5.41) is 7.32. The lowest BCUT2D eigenvalue weighted by Gasteiger charge is -2.30. The number of nitrogens with zero attached hydrogens (tertiary/aromatic N) is 2. The van der Waals surface area contributed by atoms with Gasteiger partial charge in [0.05, 0.1) is 16.8 Å². The summed E-state index contributed by atoms with van der Waals surface area (Å²) in [6, 6.07) is 71.0. The van der Waals surface area contributed by atoms with Crippen molar-refractivity contribution in [2.45, 2.75) is 5.41 Å². The molecule has 2 aliphatic rings. The van der Waals surface area contributed by atoms with E-state index < -0.39 is 5.41 Å². The van der Waals surface area contributed by atoms with Gasteiger partial charge in [0.1, 0.15) is 11.2 Å². The predicted octanol–water partition coefficient (Wildman–Crippen LogP) is 16.5. The van der Waals surface area contributed by atoms with Crippen LogP contribution in [0.4, 0.5) is 0 Å². The topological polar surface area (TPSA) is 38.9 Å². The summed E-state index contributed by atoms with van der Waals surface area (Å²) in [5.41, 5.74) is 16.0. The second-order valence-electron chi connectivity index (χ2n) is 17.1. The first-order valence-electron chi connectivity index (χ1n) is 21.7. The zero-order valence-corrected chi connectivity index (χ0v) is 35.7. The Kier molecular flexibility index (Phi) is 6.91. The number of furan rings is 1. The number of benzene rings is 9. The maximum Gasteiger partial charge on any atom is 0.161 e. The van der Waals surface area contributed by atoms with E-state index in [1.807, 2.05) is 22.7 Å². The zero-order valence-electron chi connectivity index (χ0n) is 34.1. The van der Waals surface area contributed by atoms with Gasteiger partial charge in [0, 0.05) is 73.4 Å². The molecule has 15 rings (SSSR count). The number of aromatic nitrogens is 2. The molecule has 13 aromatic rings. The van der Waals surface area contributed by atoms with Crippen LogP contribution in [0.25, 0.3) is 118 Å². The lowest BCUT2D eigenvalue weighted by atomic mass is 9.70. The van der Waals surface area contributed by atoms with Crippen molar-refractivity contribution >= 4 is 85.0 Å². The van der Waals surface area contributed by atoms with Crippen LogP contribution in [0, 0.1) is 0 Å². The Bertz CT molecular complexity index is 4040. The van der Waals surface area contributed by atoms with Gasteiger partial charge in [0.25, 0.3) is 0 Å². The smallest absolute Gasteiger partial charge is 0.161 e. The van der Waals surface area contributed by atoms with Crippen molar-refractivity contribution in [2.75, 3.05) is 0 Å². The first kappa shape index (κ1) is 34.8.